The SMILES string of the molecule is C[C@@]12C[C@@H](NC(=O)N1c1ccc(C(=O)N3CCN(c4ccc(F)cc4)CC3)cc1)c1ccccc1O2. The maximum atomic E-state index is 13.2. The first kappa shape index (κ1) is 22.4. The Hall–Kier alpha value is -4.07. The predicted molar refractivity (Wildman–Crippen MR) is 135 cm³/mol. The zero-order valence-corrected chi connectivity index (χ0v) is 20.0. The molecule has 0 aliphatic carbocycles. The van der Waals surface area contributed by atoms with Crippen molar-refractivity contribution in [3.63, 3.8) is 0 Å². The summed E-state index contributed by atoms with van der Waals surface area (Å²) in [5.74, 6) is 0.470. The molecule has 1 N–H and O–H groups in total. The van der Waals surface area contributed by atoms with E-state index in [1.54, 1.807) is 41.3 Å². The highest BCUT2D eigenvalue weighted by molar-refractivity contribution is 5.97. The molecule has 3 heterocycles. The number of piperazine rings is 1. The van der Waals surface area contributed by atoms with Gasteiger partial charge in [-0.3, -0.25) is 9.69 Å². The molecule has 3 aromatic rings. The van der Waals surface area contributed by atoms with Crippen molar-refractivity contribution in [2.75, 3.05) is 36.0 Å². The van der Waals surface area contributed by atoms with Crippen LogP contribution >= 0.6 is 0 Å². The molecule has 8 heteroatoms. The van der Waals surface area contributed by atoms with Crippen LogP contribution in [-0.2, 0) is 0 Å². The first-order valence-corrected chi connectivity index (χ1v) is 12.2. The summed E-state index contributed by atoms with van der Waals surface area (Å²) in [5, 5.41) is 3.09. The molecule has 6 rings (SSSR count). The van der Waals surface area contributed by atoms with Crippen LogP contribution in [0.25, 0.3) is 0 Å². The molecule has 184 valence electrons. The van der Waals surface area contributed by atoms with Crippen LogP contribution in [0.15, 0.2) is 72.8 Å². The third kappa shape index (κ3) is 3.82. The number of nitrogens with one attached hydrogen (secondary N) is 1. The lowest BCUT2D eigenvalue weighted by Crippen LogP contribution is -2.65. The Bertz CT molecular complexity index is 1310. The summed E-state index contributed by atoms with van der Waals surface area (Å²) in [6.45, 7) is 4.45. The number of halogens is 1. The van der Waals surface area contributed by atoms with E-state index in [0.29, 0.717) is 43.9 Å². The van der Waals surface area contributed by atoms with Crippen LogP contribution in [0.5, 0.6) is 5.75 Å². The van der Waals surface area contributed by atoms with Gasteiger partial charge in [0.25, 0.3) is 5.91 Å². The summed E-state index contributed by atoms with van der Waals surface area (Å²) in [6.07, 6.45) is 0.620. The molecular weight excluding hydrogens is 459 g/mol. The van der Waals surface area contributed by atoms with Crippen molar-refractivity contribution in [1.29, 1.82) is 0 Å². The van der Waals surface area contributed by atoms with E-state index in [2.05, 4.69) is 10.2 Å². The fourth-order valence-electron chi connectivity index (χ4n) is 5.47. The van der Waals surface area contributed by atoms with Crippen LogP contribution in [0.3, 0.4) is 0 Å². The number of nitrogens with zero attached hydrogens (tertiary/aromatic N) is 3. The van der Waals surface area contributed by atoms with E-state index < -0.39 is 5.72 Å². The average Bonchev–Trinajstić information content (AvgIpc) is 2.89. The van der Waals surface area contributed by atoms with Crippen molar-refractivity contribution in [2.24, 2.45) is 0 Å². The third-order valence-electron chi connectivity index (χ3n) is 7.31. The Morgan fingerprint density at radius 3 is 2.33 bits per heavy atom. The average molecular weight is 487 g/mol. The van der Waals surface area contributed by atoms with Gasteiger partial charge in [-0.25, -0.2) is 9.18 Å². The van der Waals surface area contributed by atoms with Gasteiger partial charge in [0.1, 0.15) is 11.6 Å². The maximum Gasteiger partial charge on any atom is 0.325 e. The van der Waals surface area contributed by atoms with E-state index in [9.17, 15) is 14.0 Å². The van der Waals surface area contributed by atoms with Gasteiger partial charge in [0.05, 0.1) is 6.04 Å². The molecule has 3 aliphatic rings. The molecule has 0 spiro atoms. The van der Waals surface area contributed by atoms with Gasteiger partial charge in [-0.2, -0.15) is 0 Å². The summed E-state index contributed by atoms with van der Waals surface area (Å²) < 4.78 is 19.5. The molecule has 0 aromatic heterocycles. The van der Waals surface area contributed by atoms with Gasteiger partial charge in [-0.05, 0) is 61.5 Å². The number of hydrogen-bond donors (Lipinski definition) is 1. The number of benzene rings is 3. The molecule has 0 radical (unpaired) electrons. The third-order valence-corrected chi connectivity index (χ3v) is 7.31. The van der Waals surface area contributed by atoms with Gasteiger partial charge < -0.3 is 19.9 Å². The zero-order valence-electron chi connectivity index (χ0n) is 20.0. The molecule has 3 aromatic carbocycles. The number of rotatable bonds is 3. The van der Waals surface area contributed by atoms with Crippen molar-refractivity contribution in [1.82, 2.24) is 10.2 Å². The fraction of sp³-hybridized carbons (Fsp3) is 0.286. The lowest BCUT2D eigenvalue weighted by atomic mass is 9.90. The lowest BCUT2D eigenvalue weighted by molar-refractivity contribution is 0.0379. The minimum atomic E-state index is -0.830. The maximum absolute atomic E-state index is 13.2. The zero-order chi connectivity index (χ0) is 24.9. The van der Waals surface area contributed by atoms with Crippen LogP contribution in [0.4, 0.5) is 20.6 Å². The van der Waals surface area contributed by atoms with E-state index in [0.717, 1.165) is 17.0 Å². The normalized spacial score (nSPS) is 23.0. The van der Waals surface area contributed by atoms with Gasteiger partial charge in [-0.1, -0.05) is 18.2 Å². The summed E-state index contributed by atoms with van der Waals surface area (Å²) in [5.41, 5.74) is 2.36. The molecule has 0 unspecified atom stereocenters. The van der Waals surface area contributed by atoms with Crippen LogP contribution in [0.1, 0.15) is 35.3 Å². The van der Waals surface area contributed by atoms with E-state index in [1.807, 2.05) is 36.1 Å². The number of amides is 3. The number of carbonyl (C=O) groups is 2. The fourth-order valence-corrected chi connectivity index (χ4v) is 5.47. The smallest absolute Gasteiger partial charge is 0.325 e. The van der Waals surface area contributed by atoms with Gasteiger partial charge >= 0.3 is 6.03 Å². The number of ether oxygens (including phenoxy) is 1. The largest absolute Gasteiger partial charge is 0.467 e. The van der Waals surface area contributed by atoms with Crippen molar-refractivity contribution in [3.8, 4) is 5.75 Å². The van der Waals surface area contributed by atoms with Crippen molar-refractivity contribution in [3.05, 3.63) is 89.7 Å². The molecule has 2 atom stereocenters. The first-order valence-electron chi connectivity index (χ1n) is 12.2. The van der Waals surface area contributed by atoms with Gasteiger partial charge in [0, 0.05) is 55.1 Å². The van der Waals surface area contributed by atoms with Crippen molar-refractivity contribution < 1.29 is 18.7 Å². The molecule has 0 saturated carbocycles. The van der Waals surface area contributed by atoms with E-state index >= 15 is 0 Å². The van der Waals surface area contributed by atoms with Crippen molar-refractivity contribution >= 4 is 23.3 Å². The Morgan fingerprint density at radius 1 is 0.944 bits per heavy atom. The van der Waals surface area contributed by atoms with Gasteiger partial charge in [0.2, 0.25) is 0 Å². The summed E-state index contributed by atoms with van der Waals surface area (Å²) in [7, 11) is 0. The van der Waals surface area contributed by atoms with Gasteiger partial charge in [-0.15, -0.1) is 0 Å². The molecule has 36 heavy (non-hydrogen) atoms. The number of carbonyl (C=O) groups excluding carboxylic acids is 2. The van der Waals surface area contributed by atoms with Crippen LogP contribution in [0.2, 0.25) is 0 Å². The number of anilines is 2. The molecule has 3 amide bonds. The second kappa shape index (κ2) is 8.55. The lowest BCUT2D eigenvalue weighted by Gasteiger charge is -2.50. The molecular formula is C28H27FN4O3. The summed E-state index contributed by atoms with van der Waals surface area (Å²) >= 11 is 0. The van der Waals surface area contributed by atoms with Gasteiger partial charge in [0.15, 0.2) is 5.72 Å². The number of fused-ring (bicyclic) bond motifs is 4. The molecule has 2 saturated heterocycles. The van der Waals surface area contributed by atoms with Crippen LogP contribution in [0, 0.1) is 5.82 Å². The number of hydrogen-bond acceptors (Lipinski definition) is 4. The Kier molecular flexibility index (Phi) is 5.32. The highest BCUT2D eigenvalue weighted by atomic mass is 19.1. The predicted octanol–water partition coefficient (Wildman–Crippen LogP) is 4.56. The summed E-state index contributed by atoms with van der Waals surface area (Å²) in [6, 6.07) is 21.0. The highest BCUT2D eigenvalue weighted by Gasteiger charge is 2.49. The monoisotopic (exact) mass is 486 g/mol. The standard InChI is InChI=1S/C28H27FN4O3/c1-28-18-24(23-4-2-3-5-25(23)36-28)30-27(35)33(28)22-10-6-19(7-11-22)26(34)32-16-14-31(15-17-32)21-12-8-20(29)9-13-21/h2-13,24H,14-18H2,1H3,(H,30,35)/t24-,28-/m1/s1. The molecule has 2 fully saturated rings. The topological polar surface area (TPSA) is 65.1 Å². The second-order valence-electron chi connectivity index (χ2n) is 9.66. The van der Waals surface area contributed by atoms with Crippen molar-refractivity contribution in [2.45, 2.75) is 25.1 Å². The van der Waals surface area contributed by atoms with Crippen LogP contribution in [-0.4, -0.2) is 48.7 Å². The minimum Gasteiger partial charge on any atom is -0.467 e. The molecule has 2 bridgehead atoms. The molecule has 3 aliphatic heterocycles. The van der Waals surface area contributed by atoms with E-state index in [-0.39, 0.29) is 23.8 Å². The van der Waals surface area contributed by atoms with Crippen LogP contribution < -0.4 is 19.9 Å². The second-order valence-corrected chi connectivity index (χ2v) is 9.66. The van der Waals surface area contributed by atoms with E-state index in [1.165, 1.54) is 12.1 Å². The Morgan fingerprint density at radius 2 is 1.61 bits per heavy atom. The Balaban J connectivity index is 1.15. The first-order chi connectivity index (χ1) is 17.4. The number of urea groups is 1. The Labute approximate surface area is 209 Å². The molecule has 7 nitrogen and oxygen atoms in total. The highest BCUT2D eigenvalue weighted by Crippen LogP contribution is 2.45. The summed E-state index contributed by atoms with van der Waals surface area (Å²) in [4.78, 5) is 31.9. The van der Waals surface area contributed by atoms with E-state index in [4.69, 9.17) is 4.74 Å². The number of para-hydroxylation sites is 1. The quantitative estimate of drug-likeness (QED) is 0.590. The minimum absolute atomic E-state index is 0.0440.